The Morgan fingerprint density at radius 2 is 2.08 bits per heavy atom. The molecule has 66 valence electrons. The summed E-state index contributed by atoms with van der Waals surface area (Å²) in [5, 5.41) is 2.43. The van der Waals surface area contributed by atoms with Crippen LogP contribution in [0.1, 0.15) is 10.4 Å². The summed E-state index contributed by atoms with van der Waals surface area (Å²) < 4.78 is 0. The summed E-state index contributed by atoms with van der Waals surface area (Å²) in [6.45, 7) is -0.0305. The molecule has 0 spiro atoms. The van der Waals surface area contributed by atoms with Crippen LogP contribution in [0.5, 0.6) is 0 Å². The van der Waals surface area contributed by atoms with Gasteiger partial charge in [0.05, 0.1) is 0 Å². The molecule has 0 saturated heterocycles. The fourth-order valence-corrected chi connectivity index (χ4v) is 0.835. The first-order chi connectivity index (χ1) is 6.34. The van der Waals surface area contributed by atoms with Crippen molar-refractivity contribution in [3.8, 4) is 0 Å². The number of rotatable bonds is 3. The van der Waals surface area contributed by atoms with Gasteiger partial charge in [0, 0.05) is 5.56 Å². The van der Waals surface area contributed by atoms with Gasteiger partial charge in [-0.25, -0.2) is 4.79 Å². The molecule has 0 unspecified atom stereocenters. The van der Waals surface area contributed by atoms with Crippen molar-refractivity contribution >= 4 is 12.0 Å². The monoisotopic (exact) mass is 176 g/mol. The maximum Gasteiger partial charge on any atom is 0.252 e. The molecule has 13 heavy (non-hydrogen) atoms. The molecule has 0 saturated carbocycles. The van der Waals surface area contributed by atoms with Crippen LogP contribution in [0.25, 0.3) is 0 Å². The number of amides is 1. The Morgan fingerprint density at radius 1 is 1.38 bits per heavy atom. The van der Waals surface area contributed by atoms with Gasteiger partial charge in [0.25, 0.3) is 5.91 Å². The lowest BCUT2D eigenvalue weighted by Crippen LogP contribution is -2.23. The fourth-order valence-electron chi connectivity index (χ4n) is 0.835. The van der Waals surface area contributed by atoms with Gasteiger partial charge in [-0.3, -0.25) is 4.79 Å². The van der Waals surface area contributed by atoms with Crippen LogP contribution in [0.15, 0.2) is 35.3 Å². The molecule has 4 nitrogen and oxygen atoms in total. The van der Waals surface area contributed by atoms with E-state index in [1.54, 1.807) is 24.3 Å². The minimum Gasteiger partial charge on any atom is -0.332 e. The van der Waals surface area contributed by atoms with Crippen LogP contribution >= 0.6 is 0 Å². The van der Waals surface area contributed by atoms with Crippen LogP contribution in [0.3, 0.4) is 0 Å². The molecule has 1 aromatic rings. The van der Waals surface area contributed by atoms with E-state index in [1.165, 1.54) is 6.08 Å². The van der Waals surface area contributed by atoms with Gasteiger partial charge in [-0.15, -0.1) is 0 Å². The first kappa shape index (κ1) is 9.16. The third-order valence-electron chi connectivity index (χ3n) is 1.42. The van der Waals surface area contributed by atoms with Crippen LogP contribution in [-0.4, -0.2) is 18.7 Å². The zero-order valence-electron chi connectivity index (χ0n) is 6.86. The summed E-state index contributed by atoms with van der Waals surface area (Å²) in [6, 6.07) is 8.70. The van der Waals surface area contributed by atoms with Gasteiger partial charge in [-0.05, 0) is 12.1 Å². The van der Waals surface area contributed by atoms with Crippen LogP contribution in [0.4, 0.5) is 0 Å². The van der Waals surface area contributed by atoms with Crippen molar-refractivity contribution in [3.63, 3.8) is 0 Å². The molecule has 1 rings (SSSR count). The molecule has 0 radical (unpaired) electrons. The van der Waals surface area contributed by atoms with Gasteiger partial charge in [-0.2, -0.15) is 4.99 Å². The number of benzene rings is 1. The van der Waals surface area contributed by atoms with E-state index in [-0.39, 0.29) is 12.6 Å². The highest BCUT2D eigenvalue weighted by atomic mass is 16.1. The Labute approximate surface area is 75.3 Å². The Hall–Kier alpha value is -1.93. The van der Waals surface area contributed by atoms with E-state index in [2.05, 4.69) is 10.3 Å². The minimum absolute atomic E-state index is 0.0305. The molecule has 1 amide bonds. The Bertz CT molecular complexity index is 329. The number of carbonyl (C=O) groups excluding carboxylic acids is 2. The van der Waals surface area contributed by atoms with Gasteiger partial charge in [0.1, 0.15) is 6.67 Å². The second-order valence-electron chi connectivity index (χ2n) is 2.28. The maximum atomic E-state index is 11.2. The lowest BCUT2D eigenvalue weighted by molar-refractivity contribution is 0.0955. The molecule has 0 fully saturated rings. The minimum atomic E-state index is -0.250. The normalized spacial score (nSPS) is 8.62. The van der Waals surface area contributed by atoms with Crippen molar-refractivity contribution in [2.45, 2.75) is 0 Å². The van der Waals surface area contributed by atoms with Crippen LogP contribution < -0.4 is 5.32 Å². The number of hydrogen-bond donors (Lipinski definition) is 1. The van der Waals surface area contributed by atoms with E-state index in [1.807, 2.05) is 6.07 Å². The summed E-state index contributed by atoms with van der Waals surface area (Å²) in [7, 11) is 0. The van der Waals surface area contributed by atoms with Crippen LogP contribution in [-0.2, 0) is 4.79 Å². The summed E-state index contributed by atoms with van der Waals surface area (Å²) in [6.07, 6.45) is 1.33. The number of aliphatic imine (C=N–C) groups is 1. The topological polar surface area (TPSA) is 58.5 Å². The molecular formula is C9H8N2O2. The van der Waals surface area contributed by atoms with Gasteiger partial charge in [0.2, 0.25) is 6.08 Å². The first-order valence-electron chi connectivity index (χ1n) is 3.71. The average molecular weight is 176 g/mol. The number of hydrogen-bond acceptors (Lipinski definition) is 3. The predicted octanol–water partition coefficient (Wildman–Crippen LogP) is 0.710. The van der Waals surface area contributed by atoms with Crippen molar-refractivity contribution in [3.05, 3.63) is 35.9 Å². The molecule has 0 aliphatic heterocycles. The molecule has 1 N–H and O–H groups in total. The Balaban J connectivity index is 2.54. The summed E-state index contributed by atoms with van der Waals surface area (Å²) in [5.74, 6) is -0.250. The van der Waals surface area contributed by atoms with E-state index in [4.69, 9.17) is 0 Å². The van der Waals surface area contributed by atoms with Crippen molar-refractivity contribution in [1.29, 1.82) is 0 Å². The maximum absolute atomic E-state index is 11.2. The third kappa shape index (κ3) is 2.89. The fraction of sp³-hybridized carbons (Fsp3) is 0.111. The smallest absolute Gasteiger partial charge is 0.252 e. The van der Waals surface area contributed by atoms with Crippen molar-refractivity contribution < 1.29 is 9.59 Å². The molecular weight excluding hydrogens is 168 g/mol. The van der Waals surface area contributed by atoms with E-state index >= 15 is 0 Å². The highest BCUT2D eigenvalue weighted by molar-refractivity contribution is 5.94. The SMILES string of the molecule is O=C=NCNC(=O)c1ccccc1. The zero-order valence-corrected chi connectivity index (χ0v) is 6.86. The molecule has 0 aliphatic rings. The number of nitrogens with one attached hydrogen (secondary N) is 1. The summed E-state index contributed by atoms with van der Waals surface area (Å²) >= 11 is 0. The number of isocyanates is 1. The van der Waals surface area contributed by atoms with Gasteiger partial charge >= 0.3 is 0 Å². The second-order valence-corrected chi connectivity index (χ2v) is 2.28. The van der Waals surface area contributed by atoms with Gasteiger partial charge in [0.15, 0.2) is 0 Å². The summed E-state index contributed by atoms with van der Waals surface area (Å²) in [4.78, 5) is 24.1. The van der Waals surface area contributed by atoms with Crippen LogP contribution in [0, 0.1) is 0 Å². The highest BCUT2D eigenvalue weighted by Gasteiger charge is 2.01. The van der Waals surface area contributed by atoms with Crippen molar-refractivity contribution in [2.24, 2.45) is 4.99 Å². The zero-order chi connectivity index (χ0) is 9.52. The molecule has 0 atom stereocenters. The molecule has 0 aromatic heterocycles. The number of carbonyl (C=O) groups is 1. The molecule has 0 aliphatic carbocycles. The van der Waals surface area contributed by atoms with Gasteiger partial charge < -0.3 is 5.32 Å². The predicted molar refractivity (Wildman–Crippen MR) is 46.9 cm³/mol. The molecule has 4 heteroatoms. The quantitative estimate of drug-likeness (QED) is 0.544. The van der Waals surface area contributed by atoms with E-state index in [0.29, 0.717) is 5.56 Å². The third-order valence-corrected chi connectivity index (χ3v) is 1.42. The first-order valence-corrected chi connectivity index (χ1v) is 3.71. The summed E-state index contributed by atoms with van der Waals surface area (Å²) in [5.41, 5.74) is 0.545. The molecule has 0 heterocycles. The lowest BCUT2D eigenvalue weighted by Gasteiger charge is -1.99. The average Bonchev–Trinajstić information content (AvgIpc) is 2.19. The highest BCUT2D eigenvalue weighted by Crippen LogP contribution is 1.96. The standard InChI is InChI=1S/C9H8N2O2/c12-7-10-6-11-9(13)8-4-2-1-3-5-8/h1-5H,6H2,(H,11,13). The Morgan fingerprint density at radius 3 is 2.69 bits per heavy atom. The van der Waals surface area contributed by atoms with Crippen LogP contribution in [0.2, 0.25) is 0 Å². The van der Waals surface area contributed by atoms with E-state index < -0.39 is 0 Å². The van der Waals surface area contributed by atoms with E-state index in [9.17, 15) is 9.59 Å². The molecule has 0 bridgehead atoms. The Kier molecular flexibility index (Phi) is 3.42. The van der Waals surface area contributed by atoms with E-state index in [0.717, 1.165) is 0 Å². The van der Waals surface area contributed by atoms with Gasteiger partial charge in [-0.1, -0.05) is 18.2 Å². The largest absolute Gasteiger partial charge is 0.332 e. The van der Waals surface area contributed by atoms with Crippen molar-refractivity contribution in [1.82, 2.24) is 5.32 Å². The second kappa shape index (κ2) is 4.85. The lowest BCUT2D eigenvalue weighted by atomic mass is 10.2. The molecule has 1 aromatic carbocycles. The number of nitrogens with zero attached hydrogens (tertiary/aromatic N) is 1. The van der Waals surface area contributed by atoms with Crippen molar-refractivity contribution in [2.75, 3.05) is 6.67 Å².